The number of anilines is 1. The van der Waals surface area contributed by atoms with Crippen LogP contribution in [0, 0.1) is 0 Å². The molecule has 2 atom stereocenters. The highest BCUT2D eigenvalue weighted by molar-refractivity contribution is 5.84. The van der Waals surface area contributed by atoms with Crippen molar-refractivity contribution in [3.63, 3.8) is 0 Å². The first-order valence-corrected chi connectivity index (χ1v) is 5.52. The van der Waals surface area contributed by atoms with Crippen molar-refractivity contribution in [3.05, 3.63) is 18.1 Å². The number of hydrogen-bond donors (Lipinski definition) is 1. The minimum absolute atomic E-state index is 0.0388. The Kier molecular flexibility index (Phi) is 3.23. The van der Waals surface area contributed by atoms with Crippen LogP contribution in [0.15, 0.2) is 12.4 Å². The molecule has 1 fully saturated rings. The fourth-order valence-electron chi connectivity index (χ4n) is 1.96. The number of carbonyl (C=O) groups is 1. The molecule has 0 radical (unpaired) electrons. The van der Waals surface area contributed by atoms with E-state index in [4.69, 9.17) is 9.84 Å². The van der Waals surface area contributed by atoms with Gasteiger partial charge in [-0.2, -0.15) is 0 Å². The van der Waals surface area contributed by atoms with Crippen molar-refractivity contribution in [2.75, 3.05) is 18.0 Å². The van der Waals surface area contributed by atoms with Crippen molar-refractivity contribution in [1.82, 2.24) is 9.97 Å². The first-order chi connectivity index (χ1) is 8.06. The quantitative estimate of drug-likeness (QED) is 0.819. The van der Waals surface area contributed by atoms with Crippen LogP contribution in [0.25, 0.3) is 0 Å². The Labute approximate surface area is 99.2 Å². The fraction of sp³-hybridized carbons (Fsp3) is 0.545. The van der Waals surface area contributed by atoms with Gasteiger partial charge in [0.05, 0.1) is 24.6 Å². The number of aromatic carboxylic acids is 1. The SMILES string of the molecule is C[C@@H]1CN(c2cnc(C(=O)O)cn2)C[C@H](C)O1. The largest absolute Gasteiger partial charge is 0.476 e. The van der Waals surface area contributed by atoms with Crippen LogP contribution in [-0.4, -0.2) is 46.3 Å². The maximum Gasteiger partial charge on any atom is 0.356 e. The van der Waals surface area contributed by atoms with Gasteiger partial charge in [0.1, 0.15) is 5.82 Å². The predicted octanol–water partition coefficient (Wildman–Crippen LogP) is 0.788. The molecular formula is C11H15N3O3. The maximum atomic E-state index is 10.7. The Bertz CT molecular complexity index is 397. The standard InChI is InChI=1S/C11H15N3O3/c1-7-5-14(6-8(2)17-7)10-4-12-9(3-13-10)11(15)16/h3-4,7-8H,5-6H2,1-2H3,(H,15,16)/t7-,8+. The second-order valence-electron chi connectivity index (χ2n) is 4.23. The topological polar surface area (TPSA) is 75.6 Å². The predicted molar refractivity (Wildman–Crippen MR) is 61.2 cm³/mol. The second kappa shape index (κ2) is 4.67. The average molecular weight is 237 g/mol. The van der Waals surface area contributed by atoms with E-state index in [1.165, 1.54) is 12.4 Å². The minimum Gasteiger partial charge on any atom is -0.476 e. The number of ether oxygens (including phenoxy) is 1. The summed E-state index contributed by atoms with van der Waals surface area (Å²) in [6.45, 7) is 5.49. The molecule has 0 bridgehead atoms. The summed E-state index contributed by atoms with van der Waals surface area (Å²) in [6.07, 6.45) is 3.05. The normalized spacial score (nSPS) is 24.7. The van der Waals surface area contributed by atoms with Gasteiger partial charge in [-0.1, -0.05) is 0 Å². The van der Waals surface area contributed by atoms with Crippen LogP contribution in [0.3, 0.4) is 0 Å². The van der Waals surface area contributed by atoms with Crippen molar-refractivity contribution in [3.8, 4) is 0 Å². The highest BCUT2D eigenvalue weighted by Gasteiger charge is 2.23. The van der Waals surface area contributed by atoms with E-state index in [1.54, 1.807) is 0 Å². The van der Waals surface area contributed by atoms with Crippen LogP contribution in [0.4, 0.5) is 5.82 Å². The molecule has 1 aliphatic rings. The summed E-state index contributed by atoms with van der Waals surface area (Å²) in [7, 11) is 0. The number of aromatic nitrogens is 2. The molecule has 6 nitrogen and oxygen atoms in total. The van der Waals surface area contributed by atoms with Gasteiger partial charge in [0.25, 0.3) is 0 Å². The first kappa shape index (κ1) is 11.8. The Balaban J connectivity index is 2.14. The molecule has 1 saturated heterocycles. The lowest BCUT2D eigenvalue weighted by atomic mass is 10.2. The van der Waals surface area contributed by atoms with Crippen molar-refractivity contribution < 1.29 is 14.6 Å². The van der Waals surface area contributed by atoms with Crippen molar-refractivity contribution in [2.24, 2.45) is 0 Å². The summed E-state index contributed by atoms with van der Waals surface area (Å²) in [5, 5.41) is 8.73. The van der Waals surface area contributed by atoms with E-state index in [1.807, 2.05) is 13.8 Å². The third kappa shape index (κ3) is 2.71. The van der Waals surface area contributed by atoms with Crippen LogP contribution in [-0.2, 0) is 4.74 Å². The molecule has 2 heterocycles. The van der Waals surface area contributed by atoms with E-state index < -0.39 is 5.97 Å². The molecule has 1 aromatic heterocycles. The molecule has 17 heavy (non-hydrogen) atoms. The third-order valence-electron chi connectivity index (χ3n) is 2.60. The number of nitrogens with zero attached hydrogens (tertiary/aromatic N) is 3. The molecule has 0 aliphatic carbocycles. The Morgan fingerprint density at radius 1 is 1.35 bits per heavy atom. The van der Waals surface area contributed by atoms with Crippen molar-refractivity contribution in [1.29, 1.82) is 0 Å². The van der Waals surface area contributed by atoms with E-state index in [2.05, 4.69) is 14.9 Å². The average Bonchev–Trinajstić information content (AvgIpc) is 2.28. The van der Waals surface area contributed by atoms with E-state index in [0.717, 1.165) is 13.1 Å². The summed E-state index contributed by atoms with van der Waals surface area (Å²) in [6, 6.07) is 0. The molecule has 1 N–H and O–H groups in total. The highest BCUT2D eigenvalue weighted by Crippen LogP contribution is 2.17. The second-order valence-corrected chi connectivity index (χ2v) is 4.23. The van der Waals surface area contributed by atoms with Gasteiger partial charge in [-0.15, -0.1) is 0 Å². The number of carboxylic acids is 1. The van der Waals surface area contributed by atoms with Gasteiger partial charge >= 0.3 is 5.97 Å². The van der Waals surface area contributed by atoms with Gasteiger partial charge in [-0.25, -0.2) is 14.8 Å². The van der Waals surface area contributed by atoms with Gasteiger partial charge in [0.2, 0.25) is 0 Å². The molecule has 0 amide bonds. The first-order valence-electron chi connectivity index (χ1n) is 5.52. The Morgan fingerprint density at radius 2 is 2.00 bits per heavy atom. The molecule has 2 rings (SSSR count). The molecule has 0 unspecified atom stereocenters. The smallest absolute Gasteiger partial charge is 0.356 e. The van der Waals surface area contributed by atoms with Gasteiger partial charge in [0.15, 0.2) is 5.69 Å². The zero-order valence-electron chi connectivity index (χ0n) is 9.83. The number of rotatable bonds is 2. The molecule has 92 valence electrons. The zero-order valence-corrected chi connectivity index (χ0v) is 9.83. The highest BCUT2D eigenvalue weighted by atomic mass is 16.5. The maximum absolute atomic E-state index is 10.7. The van der Waals surface area contributed by atoms with Gasteiger partial charge in [-0.05, 0) is 13.8 Å². The Hall–Kier alpha value is -1.69. The van der Waals surface area contributed by atoms with Gasteiger partial charge in [0, 0.05) is 13.1 Å². The zero-order chi connectivity index (χ0) is 12.4. The third-order valence-corrected chi connectivity index (χ3v) is 2.60. The lowest BCUT2D eigenvalue weighted by Gasteiger charge is -2.35. The molecule has 1 aromatic rings. The minimum atomic E-state index is -1.06. The molecule has 0 saturated carbocycles. The summed E-state index contributed by atoms with van der Waals surface area (Å²) in [4.78, 5) is 20.7. The number of carboxylic acid groups (broad SMARTS) is 1. The molecular weight excluding hydrogens is 222 g/mol. The fourth-order valence-corrected chi connectivity index (χ4v) is 1.96. The molecule has 6 heteroatoms. The molecule has 0 spiro atoms. The summed E-state index contributed by atoms with van der Waals surface area (Å²) < 4.78 is 5.62. The van der Waals surface area contributed by atoms with E-state index in [0.29, 0.717) is 5.82 Å². The molecule has 1 aliphatic heterocycles. The van der Waals surface area contributed by atoms with Crippen LogP contribution >= 0.6 is 0 Å². The molecule has 0 aromatic carbocycles. The van der Waals surface area contributed by atoms with Gasteiger partial charge < -0.3 is 14.7 Å². The summed E-state index contributed by atoms with van der Waals surface area (Å²) >= 11 is 0. The van der Waals surface area contributed by atoms with Crippen LogP contribution < -0.4 is 4.90 Å². The summed E-state index contributed by atoms with van der Waals surface area (Å²) in [5.41, 5.74) is -0.0388. The van der Waals surface area contributed by atoms with E-state index in [-0.39, 0.29) is 17.9 Å². The Morgan fingerprint density at radius 3 is 2.47 bits per heavy atom. The van der Waals surface area contributed by atoms with Crippen LogP contribution in [0.2, 0.25) is 0 Å². The number of hydrogen-bond acceptors (Lipinski definition) is 5. The summed E-state index contributed by atoms with van der Waals surface area (Å²) in [5.74, 6) is -0.371. The lowest BCUT2D eigenvalue weighted by molar-refractivity contribution is -0.00549. The van der Waals surface area contributed by atoms with E-state index in [9.17, 15) is 4.79 Å². The van der Waals surface area contributed by atoms with Crippen LogP contribution in [0.5, 0.6) is 0 Å². The van der Waals surface area contributed by atoms with Gasteiger partial charge in [-0.3, -0.25) is 0 Å². The van der Waals surface area contributed by atoms with E-state index >= 15 is 0 Å². The number of morpholine rings is 1. The lowest BCUT2D eigenvalue weighted by Crippen LogP contribution is -2.45. The van der Waals surface area contributed by atoms with Crippen LogP contribution in [0.1, 0.15) is 24.3 Å². The van der Waals surface area contributed by atoms with Crippen molar-refractivity contribution >= 4 is 11.8 Å². The monoisotopic (exact) mass is 237 g/mol. The van der Waals surface area contributed by atoms with Crippen molar-refractivity contribution in [2.45, 2.75) is 26.1 Å².